The third-order valence-corrected chi connectivity index (χ3v) is 2.93. The van der Waals surface area contributed by atoms with E-state index in [1.54, 1.807) is 33.2 Å². The largest absolute Gasteiger partial charge is 0.345 e. The molecule has 2 amide bonds. The van der Waals surface area contributed by atoms with Gasteiger partial charge in [0, 0.05) is 25.3 Å². The smallest absolute Gasteiger partial charge is 0.253 e. The molecule has 0 saturated heterocycles. The molecule has 5 heteroatoms. The molecule has 1 aromatic carbocycles. The van der Waals surface area contributed by atoms with Crippen LogP contribution in [0.25, 0.3) is 0 Å². The minimum atomic E-state index is -0.273. The number of carbonyl (C=O) groups is 2. The number of alkyl halides is 1. The molecule has 0 aliphatic rings. The number of nitrogens with one attached hydrogen (secondary N) is 1. The zero-order valence-corrected chi connectivity index (χ0v) is 12.5. The fraction of sp³-hybridized carbons (Fsp3) is 0.385. The van der Waals surface area contributed by atoms with Crippen molar-refractivity contribution in [2.45, 2.75) is 18.7 Å². The minimum absolute atomic E-state index is 0.0858. The number of amides is 2. The first kappa shape index (κ1) is 14.7. The van der Waals surface area contributed by atoms with Crippen molar-refractivity contribution in [1.29, 1.82) is 0 Å². The Kier molecular flexibility index (Phi) is 4.90. The summed E-state index contributed by atoms with van der Waals surface area (Å²) < 4.78 is 0. The predicted molar refractivity (Wildman–Crippen MR) is 76.2 cm³/mol. The number of carbonyl (C=O) groups excluding carboxylic acids is 2. The summed E-state index contributed by atoms with van der Waals surface area (Å²) in [6.45, 7) is 3.64. The zero-order valence-electron chi connectivity index (χ0n) is 11.0. The number of nitrogens with zero attached hydrogens (tertiary/aromatic N) is 1. The molecule has 1 aromatic rings. The van der Waals surface area contributed by atoms with Gasteiger partial charge in [0.15, 0.2) is 0 Å². The Morgan fingerprint density at radius 3 is 2.44 bits per heavy atom. The van der Waals surface area contributed by atoms with E-state index in [0.29, 0.717) is 11.3 Å². The van der Waals surface area contributed by atoms with Crippen LogP contribution in [-0.4, -0.2) is 35.6 Å². The fourth-order valence-electron chi connectivity index (χ4n) is 1.38. The van der Waals surface area contributed by atoms with Crippen molar-refractivity contribution < 1.29 is 9.59 Å². The highest BCUT2D eigenvalue weighted by molar-refractivity contribution is 9.10. The van der Waals surface area contributed by atoms with Gasteiger partial charge in [-0.2, -0.15) is 0 Å². The Hall–Kier alpha value is -1.36. The summed E-state index contributed by atoms with van der Waals surface area (Å²) >= 11 is 3.21. The lowest BCUT2D eigenvalue weighted by Crippen LogP contribution is -2.23. The van der Waals surface area contributed by atoms with Crippen LogP contribution in [0.1, 0.15) is 22.8 Å². The highest BCUT2D eigenvalue weighted by Crippen LogP contribution is 2.18. The van der Waals surface area contributed by atoms with Crippen molar-refractivity contribution in [2.24, 2.45) is 0 Å². The molecule has 4 nitrogen and oxygen atoms in total. The van der Waals surface area contributed by atoms with Crippen molar-refractivity contribution in [3.05, 3.63) is 29.3 Å². The maximum Gasteiger partial charge on any atom is 0.253 e. The van der Waals surface area contributed by atoms with Crippen LogP contribution in [-0.2, 0) is 4.79 Å². The maximum absolute atomic E-state index is 11.8. The SMILES string of the molecule is Cc1ccc(C(=O)N(C)C)cc1NC(=O)C(C)Br. The second-order valence-corrected chi connectivity index (χ2v) is 5.71. The maximum atomic E-state index is 11.8. The molecule has 0 heterocycles. The van der Waals surface area contributed by atoms with Gasteiger partial charge in [-0.15, -0.1) is 0 Å². The van der Waals surface area contributed by atoms with Crippen molar-refractivity contribution in [2.75, 3.05) is 19.4 Å². The first-order valence-corrected chi connectivity index (χ1v) is 6.51. The molecule has 0 saturated carbocycles. The van der Waals surface area contributed by atoms with Crippen LogP contribution in [0, 0.1) is 6.92 Å². The Morgan fingerprint density at radius 1 is 1.33 bits per heavy atom. The lowest BCUT2D eigenvalue weighted by Gasteiger charge is -2.14. The molecule has 98 valence electrons. The van der Waals surface area contributed by atoms with E-state index in [1.165, 1.54) is 4.90 Å². The van der Waals surface area contributed by atoms with Gasteiger partial charge < -0.3 is 10.2 Å². The Morgan fingerprint density at radius 2 is 1.94 bits per heavy atom. The number of aryl methyl sites for hydroxylation is 1. The molecule has 1 N–H and O–H groups in total. The van der Waals surface area contributed by atoms with Crippen LogP contribution >= 0.6 is 15.9 Å². The second kappa shape index (κ2) is 6.00. The van der Waals surface area contributed by atoms with Gasteiger partial charge in [0.05, 0.1) is 4.83 Å². The summed E-state index contributed by atoms with van der Waals surface area (Å²) in [6, 6.07) is 5.28. The van der Waals surface area contributed by atoms with E-state index >= 15 is 0 Å². The molecule has 0 spiro atoms. The van der Waals surface area contributed by atoms with Gasteiger partial charge in [0.25, 0.3) is 5.91 Å². The minimum Gasteiger partial charge on any atom is -0.345 e. The van der Waals surface area contributed by atoms with Gasteiger partial charge in [-0.1, -0.05) is 22.0 Å². The fourth-order valence-corrected chi connectivity index (χ4v) is 1.49. The molecule has 1 atom stereocenters. The van der Waals surface area contributed by atoms with Gasteiger partial charge >= 0.3 is 0 Å². The average Bonchev–Trinajstić information content (AvgIpc) is 2.30. The van der Waals surface area contributed by atoms with Crippen molar-refractivity contribution >= 4 is 33.4 Å². The van der Waals surface area contributed by atoms with E-state index in [2.05, 4.69) is 21.2 Å². The first-order chi connectivity index (χ1) is 8.32. The normalized spacial score (nSPS) is 11.8. The van der Waals surface area contributed by atoms with Gasteiger partial charge in [0.2, 0.25) is 5.91 Å². The number of hydrogen-bond donors (Lipinski definition) is 1. The molecule has 0 aliphatic carbocycles. The summed E-state index contributed by atoms with van der Waals surface area (Å²) in [5, 5.41) is 2.79. The molecule has 0 bridgehead atoms. The number of hydrogen-bond acceptors (Lipinski definition) is 2. The third kappa shape index (κ3) is 3.57. The van der Waals surface area contributed by atoms with Gasteiger partial charge in [-0.25, -0.2) is 0 Å². The van der Waals surface area contributed by atoms with E-state index in [0.717, 1.165) is 5.56 Å². The van der Waals surface area contributed by atoms with Crippen LogP contribution in [0.15, 0.2) is 18.2 Å². The summed E-state index contributed by atoms with van der Waals surface area (Å²) in [7, 11) is 3.39. The van der Waals surface area contributed by atoms with E-state index in [-0.39, 0.29) is 16.6 Å². The highest BCUT2D eigenvalue weighted by Gasteiger charge is 2.13. The standard InChI is InChI=1S/C13H17BrN2O2/c1-8-5-6-10(13(18)16(3)4)7-11(8)15-12(17)9(2)14/h5-7,9H,1-4H3,(H,15,17). The van der Waals surface area contributed by atoms with E-state index in [9.17, 15) is 9.59 Å². The van der Waals surface area contributed by atoms with Gasteiger partial charge in [-0.3, -0.25) is 9.59 Å². The first-order valence-electron chi connectivity index (χ1n) is 5.60. The Balaban J connectivity index is 3.02. The molecular formula is C13H17BrN2O2. The quantitative estimate of drug-likeness (QED) is 0.871. The van der Waals surface area contributed by atoms with Crippen LogP contribution in [0.3, 0.4) is 0 Å². The average molecular weight is 313 g/mol. The highest BCUT2D eigenvalue weighted by atomic mass is 79.9. The summed E-state index contributed by atoms with van der Waals surface area (Å²) in [5.74, 6) is -0.218. The number of benzene rings is 1. The molecule has 1 rings (SSSR count). The molecule has 0 aromatic heterocycles. The lowest BCUT2D eigenvalue weighted by atomic mass is 10.1. The van der Waals surface area contributed by atoms with Crippen LogP contribution < -0.4 is 5.32 Å². The van der Waals surface area contributed by atoms with E-state index < -0.39 is 0 Å². The number of anilines is 1. The summed E-state index contributed by atoms with van der Waals surface area (Å²) in [4.78, 5) is 24.7. The van der Waals surface area contributed by atoms with Crippen LogP contribution in [0.2, 0.25) is 0 Å². The molecule has 0 fully saturated rings. The topological polar surface area (TPSA) is 49.4 Å². The number of rotatable bonds is 3. The van der Waals surface area contributed by atoms with Crippen molar-refractivity contribution in [3.63, 3.8) is 0 Å². The second-order valence-electron chi connectivity index (χ2n) is 4.33. The Labute approximate surface area is 115 Å². The number of halogens is 1. The molecular weight excluding hydrogens is 296 g/mol. The molecule has 0 aliphatic heterocycles. The molecule has 1 unspecified atom stereocenters. The summed E-state index contributed by atoms with van der Waals surface area (Å²) in [6.07, 6.45) is 0. The lowest BCUT2D eigenvalue weighted by molar-refractivity contribution is -0.115. The van der Waals surface area contributed by atoms with Crippen LogP contribution in [0.5, 0.6) is 0 Å². The van der Waals surface area contributed by atoms with Crippen molar-refractivity contribution in [3.8, 4) is 0 Å². The van der Waals surface area contributed by atoms with Gasteiger partial charge in [-0.05, 0) is 31.5 Å². The Bertz CT molecular complexity index is 470. The van der Waals surface area contributed by atoms with Crippen molar-refractivity contribution in [1.82, 2.24) is 4.90 Å². The zero-order chi connectivity index (χ0) is 13.9. The predicted octanol–water partition coefficient (Wildman–Crippen LogP) is 2.42. The molecule has 0 radical (unpaired) electrons. The third-order valence-electron chi connectivity index (χ3n) is 2.51. The van der Waals surface area contributed by atoms with E-state index in [1.807, 2.05) is 13.0 Å². The molecule has 18 heavy (non-hydrogen) atoms. The monoisotopic (exact) mass is 312 g/mol. The van der Waals surface area contributed by atoms with E-state index in [4.69, 9.17) is 0 Å². The summed E-state index contributed by atoms with van der Waals surface area (Å²) in [5.41, 5.74) is 2.15. The van der Waals surface area contributed by atoms with Gasteiger partial charge in [0.1, 0.15) is 0 Å². The van der Waals surface area contributed by atoms with Crippen LogP contribution in [0.4, 0.5) is 5.69 Å².